The summed E-state index contributed by atoms with van der Waals surface area (Å²) in [5, 5.41) is 9.77. The molecule has 1 saturated carbocycles. The molecular weight excluding hydrogens is 343 g/mol. The number of hydrogen-bond donors (Lipinski definition) is 0. The second-order valence-corrected chi connectivity index (χ2v) is 6.19. The van der Waals surface area contributed by atoms with Gasteiger partial charge in [-0.1, -0.05) is 42.5 Å². The first-order chi connectivity index (χ1) is 12.4. The van der Waals surface area contributed by atoms with Gasteiger partial charge in [-0.15, -0.1) is 0 Å². The van der Waals surface area contributed by atoms with E-state index in [1.165, 1.54) is 12.1 Å². The number of carbonyl (C=O) groups is 1. The van der Waals surface area contributed by atoms with Gasteiger partial charge in [-0.3, -0.25) is 4.79 Å². The molecule has 2 aromatic carbocycles. The summed E-state index contributed by atoms with van der Waals surface area (Å²) in [5.41, 5.74) is -0.887. The van der Waals surface area contributed by atoms with Crippen molar-refractivity contribution in [1.29, 1.82) is 5.26 Å². The number of halogens is 3. The third kappa shape index (κ3) is 2.84. The Labute approximate surface area is 149 Å². The standard InChI is InChI=1S/C20H16F3NO2/c1-2-26-18(25)19(12-24)16(13-6-4-3-5-7-13)17(19)14-8-10-15(11-9-14)20(21,22)23/h3-11,16-17H,2H2,1H3/t16-,17-,19-/m1/s1. The molecule has 1 aliphatic carbocycles. The predicted molar refractivity (Wildman–Crippen MR) is 88.0 cm³/mol. The van der Waals surface area contributed by atoms with E-state index in [-0.39, 0.29) is 6.61 Å². The van der Waals surface area contributed by atoms with Crippen LogP contribution in [0.25, 0.3) is 0 Å². The summed E-state index contributed by atoms with van der Waals surface area (Å²) < 4.78 is 43.5. The number of nitriles is 1. The minimum absolute atomic E-state index is 0.128. The molecule has 0 radical (unpaired) electrons. The van der Waals surface area contributed by atoms with Crippen LogP contribution >= 0.6 is 0 Å². The number of hydrogen-bond acceptors (Lipinski definition) is 3. The average Bonchev–Trinajstić information content (AvgIpc) is 3.32. The maximum atomic E-state index is 12.8. The number of benzene rings is 2. The lowest BCUT2D eigenvalue weighted by atomic mass is 9.99. The highest BCUT2D eigenvalue weighted by molar-refractivity contribution is 5.89. The molecule has 6 heteroatoms. The third-order valence-electron chi connectivity index (χ3n) is 4.76. The molecular formula is C20H16F3NO2. The van der Waals surface area contributed by atoms with Crippen LogP contribution in [0.15, 0.2) is 54.6 Å². The van der Waals surface area contributed by atoms with Gasteiger partial charge in [0.25, 0.3) is 0 Å². The van der Waals surface area contributed by atoms with E-state index in [0.717, 1.165) is 17.7 Å². The number of ether oxygens (including phenoxy) is 1. The number of esters is 1. The molecule has 1 fully saturated rings. The number of carbonyl (C=O) groups excluding carboxylic acids is 1. The smallest absolute Gasteiger partial charge is 0.416 e. The number of alkyl halides is 3. The third-order valence-corrected chi connectivity index (χ3v) is 4.76. The molecule has 0 saturated heterocycles. The lowest BCUT2D eigenvalue weighted by molar-refractivity contribution is -0.147. The SMILES string of the molecule is CCOC(=O)[C@]1(C#N)[C@H](c2ccccc2)[C@H]1c1ccc(C(F)(F)F)cc1. The Balaban J connectivity index is 2.03. The largest absolute Gasteiger partial charge is 0.465 e. The molecule has 3 atom stereocenters. The van der Waals surface area contributed by atoms with Crippen LogP contribution < -0.4 is 0 Å². The Hall–Kier alpha value is -2.81. The molecule has 0 bridgehead atoms. The summed E-state index contributed by atoms with van der Waals surface area (Å²) in [6.45, 7) is 1.78. The first-order valence-corrected chi connectivity index (χ1v) is 8.16. The molecule has 0 N–H and O–H groups in total. The predicted octanol–water partition coefficient (Wildman–Crippen LogP) is 4.66. The van der Waals surface area contributed by atoms with Crippen molar-refractivity contribution in [1.82, 2.24) is 0 Å². The van der Waals surface area contributed by atoms with E-state index in [1.54, 1.807) is 31.2 Å². The van der Waals surface area contributed by atoms with Crippen LogP contribution in [0.5, 0.6) is 0 Å². The fourth-order valence-corrected chi connectivity index (χ4v) is 3.53. The molecule has 2 aromatic rings. The van der Waals surface area contributed by atoms with E-state index < -0.39 is 35.0 Å². The van der Waals surface area contributed by atoms with Crippen molar-refractivity contribution in [3.05, 3.63) is 71.3 Å². The molecule has 0 unspecified atom stereocenters. The highest BCUT2D eigenvalue weighted by Crippen LogP contribution is 2.70. The van der Waals surface area contributed by atoms with Crippen LogP contribution in [0.3, 0.4) is 0 Å². The van der Waals surface area contributed by atoms with Crippen molar-refractivity contribution in [3.63, 3.8) is 0 Å². The van der Waals surface area contributed by atoms with Gasteiger partial charge in [-0.25, -0.2) is 0 Å². The van der Waals surface area contributed by atoms with Crippen LogP contribution in [-0.2, 0) is 15.7 Å². The fraction of sp³-hybridized carbons (Fsp3) is 0.300. The number of rotatable bonds is 4. The van der Waals surface area contributed by atoms with Crippen LogP contribution in [0.2, 0.25) is 0 Å². The van der Waals surface area contributed by atoms with Gasteiger partial charge in [0.15, 0.2) is 5.41 Å². The molecule has 26 heavy (non-hydrogen) atoms. The average molecular weight is 359 g/mol. The van der Waals surface area contributed by atoms with E-state index in [9.17, 15) is 23.2 Å². The number of nitrogens with zero attached hydrogens (tertiary/aromatic N) is 1. The van der Waals surface area contributed by atoms with E-state index in [2.05, 4.69) is 6.07 Å². The zero-order valence-electron chi connectivity index (χ0n) is 14.0. The van der Waals surface area contributed by atoms with Crippen molar-refractivity contribution in [3.8, 4) is 6.07 Å². The van der Waals surface area contributed by atoms with E-state index in [0.29, 0.717) is 5.56 Å². The van der Waals surface area contributed by atoms with E-state index in [4.69, 9.17) is 4.74 Å². The minimum atomic E-state index is -4.44. The quantitative estimate of drug-likeness (QED) is 0.746. The maximum absolute atomic E-state index is 12.8. The summed E-state index contributed by atoms with van der Waals surface area (Å²) in [4.78, 5) is 12.5. The summed E-state index contributed by atoms with van der Waals surface area (Å²) in [5.74, 6) is -1.64. The molecule has 3 rings (SSSR count). The van der Waals surface area contributed by atoms with Gasteiger partial charge >= 0.3 is 12.1 Å². The second kappa shape index (κ2) is 6.49. The van der Waals surface area contributed by atoms with E-state index >= 15 is 0 Å². The van der Waals surface area contributed by atoms with Crippen molar-refractivity contribution in [2.24, 2.45) is 5.41 Å². The highest BCUT2D eigenvalue weighted by Gasteiger charge is 2.72. The summed E-state index contributed by atoms with van der Waals surface area (Å²) >= 11 is 0. The lowest BCUT2D eigenvalue weighted by Crippen LogP contribution is -2.20. The van der Waals surface area contributed by atoms with Gasteiger partial charge in [0, 0.05) is 11.8 Å². The molecule has 1 aliphatic rings. The highest BCUT2D eigenvalue weighted by atomic mass is 19.4. The molecule has 0 aromatic heterocycles. The normalized spacial score (nSPS) is 24.6. The van der Waals surface area contributed by atoms with Crippen LogP contribution in [0, 0.1) is 16.7 Å². The van der Waals surface area contributed by atoms with Crippen LogP contribution in [-0.4, -0.2) is 12.6 Å². The summed E-state index contributed by atoms with van der Waals surface area (Å²) in [6, 6.07) is 15.7. The van der Waals surface area contributed by atoms with Gasteiger partial charge in [0.2, 0.25) is 0 Å². The minimum Gasteiger partial charge on any atom is -0.465 e. The van der Waals surface area contributed by atoms with Crippen molar-refractivity contribution in [2.75, 3.05) is 6.61 Å². The Morgan fingerprint density at radius 2 is 1.62 bits per heavy atom. The topological polar surface area (TPSA) is 50.1 Å². The van der Waals surface area contributed by atoms with E-state index in [1.807, 2.05) is 6.07 Å². The van der Waals surface area contributed by atoms with Crippen molar-refractivity contribution >= 4 is 5.97 Å². The first kappa shape index (κ1) is 18.0. The van der Waals surface area contributed by atoms with Gasteiger partial charge < -0.3 is 4.74 Å². The van der Waals surface area contributed by atoms with Gasteiger partial charge in [-0.2, -0.15) is 18.4 Å². The van der Waals surface area contributed by atoms with Crippen LogP contribution in [0.1, 0.15) is 35.4 Å². The summed E-state index contributed by atoms with van der Waals surface area (Å²) in [7, 11) is 0. The molecule has 3 nitrogen and oxygen atoms in total. The zero-order chi connectivity index (χ0) is 18.9. The fourth-order valence-electron chi connectivity index (χ4n) is 3.53. The molecule has 0 heterocycles. The second-order valence-electron chi connectivity index (χ2n) is 6.19. The molecule has 0 amide bonds. The molecule has 0 spiro atoms. The zero-order valence-corrected chi connectivity index (χ0v) is 14.0. The lowest BCUT2D eigenvalue weighted by Gasteiger charge is -2.10. The Kier molecular flexibility index (Phi) is 4.49. The maximum Gasteiger partial charge on any atom is 0.416 e. The Morgan fingerprint density at radius 3 is 2.08 bits per heavy atom. The van der Waals surface area contributed by atoms with Gasteiger partial charge in [0.05, 0.1) is 18.2 Å². The van der Waals surface area contributed by atoms with Gasteiger partial charge in [-0.05, 0) is 30.2 Å². The monoisotopic (exact) mass is 359 g/mol. The Bertz CT molecular complexity index is 840. The summed E-state index contributed by atoms with van der Waals surface area (Å²) in [6.07, 6.45) is -4.44. The van der Waals surface area contributed by atoms with Crippen molar-refractivity contribution < 1.29 is 22.7 Å². The Morgan fingerprint density at radius 1 is 1.08 bits per heavy atom. The molecule has 0 aliphatic heterocycles. The van der Waals surface area contributed by atoms with Crippen molar-refractivity contribution in [2.45, 2.75) is 24.9 Å². The van der Waals surface area contributed by atoms with Gasteiger partial charge in [0.1, 0.15) is 0 Å². The van der Waals surface area contributed by atoms with Crippen LogP contribution in [0.4, 0.5) is 13.2 Å². The molecule has 134 valence electrons. The first-order valence-electron chi connectivity index (χ1n) is 8.16.